The summed E-state index contributed by atoms with van der Waals surface area (Å²) in [5, 5.41) is 0. The molecule has 1 rings (SSSR count). The van der Waals surface area contributed by atoms with E-state index in [1.54, 1.807) is 0 Å². The van der Waals surface area contributed by atoms with Crippen molar-refractivity contribution in [2.24, 2.45) is 11.7 Å². The predicted octanol–water partition coefficient (Wildman–Crippen LogP) is 1.04. The highest BCUT2D eigenvalue weighted by molar-refractivity contribution is 5.76. The Hall–Kier alpha value is -0.610. The summed E-state index contributed by atoms with van der Waals surface area (Å²) in [4.78, 5) is 10.7. The fourth-order valence-corrected chi connectivity index (χ4v) is 1.36. The van der Waals surface area contributed by atoms with E-state index in [1.165, 1.54) is 0 Å². The number of hydrogen-bond donors (Lipinski definition) is 1. The van der Waals surface area contributed by atoms with Crippen LogP contribution in [0.1, 0.15) is 32.6 Å². The molecular weight excluding hydrogens is 182 g/mol. The molecule has 1 heterocycles. The van der Waals surface area contributed by atoms with E-state index in [1.807, 2.05) is 6.92 Å². The molecule has 2 unspecified atom stereocenters. The van der Waals surface area contributed by atoms with E-state index in [-0.39, 0.29) is 18.1 Å². The van der Waals surface area contributed by atoms with Gasteiger partial charge in [-0.3, -0.25) is 4.79 Å². The highest BCUT2D eigenvalue weighted by Crippen LogP contribution is 2.14. The van der Waals surface area contributed by atoms with Gasteiger partial charge in [-0.1, -0.05) is 6.92 Å². The molecule has 2 atom stereocenters. The Balaban J connectivity index is 2.05. The highest BCUT2D eigenvalue weighted by Gasteiger charge is 2.15. The van der Waals surface area contributed by atoms with Gasteiger partial charge in [0.05, 0.1) is 6.61 Å². The van der Waals surface area contributed by atoms with E-state index in [4.69, 9.17) is 15.2 Å². The van der Waals surface area contributed by atoms with Gasteiger partial charge >= 0.3 is 0 Å². The van der Waals surface area contributed by atoms with Crippen molar-refractivity contribution in [1.82, 2.24) is 0 Å². The number of amides is 1. The van der Waals surface area contributed by atoms with Crippen LogP contribution in [-0.4, -0.2) is 25.4 Å². The van der Waals surface area contributed by atoms with Crippen molar-refractivity contribution in [1.29, 1.82) is 0 Å². The topological polar surface area (TPSA) is 61.6 Å². The van der Waals surface area contributed by atoms with Gasteiger partial charge in [0.1, 0.15) is 0 Å². The van der Waals surface area contributed by atoms with Gasteiger partial charge in [-0.25, -0.2) is 0 Å². The fourth-order valence-electron chi connectivity index (χ4n) is 1.36. The summed E-state index contributed by atoms with van der Waals surface area (Å²) < 4.78 is 10.9. The third-order valence-corrected chi connectivity index (χ3v) is 2.48. The molecule has 0 saturated carbocycles. The average molecular weight is 201 g/mol. The molecule has 0 aromatic heterocycles. The van der Waals surface area contributed by atoms with Crippen molar-refractivity contribution in [2.45, 2.75) is 38.9 Å². The van der Waals surface area contributed by atoms with Gasteiger partial charge in [-0.05, 0) is 25.7 Å². The number of carbonyl (C=O) groups is 1. The van der Waals surface area contributed by atoms with Gasteiger partial charge in [0.25, 0.3) is 0 Å². The maximum Gasteiger partial charge on any atom is 0.220 e. The second-order valence-corrected chi connectivity index (χ2v) is 3.76. The molecular formula is C10H19NO3. The van der Waals surface area contributed by atoms with Gasteiger partial charge in [0.2, 0.25) is 5.91 Å². The molecule has 82 valence electrons. The largest absolute Gasteiger partial charge is 0.369 e. The number of ether oxygens (including phenoxy) is 2. The van der Waals surface area contributed by atoms with Crippen LogP contribution in [-0.2, 0) is 14.3 Å². The van der Waals surface area contributed by atoms with Gasteiger partial charge < -0.3 is 15.2 Å². The lowest BCUT2D eigenvalue weighted by Crippen LogP contribution is -2.25. The summed E-state index contributed by atoms with van der Waals surface area (Å²) in [5.74, 6) is -0.378. The Bertz CT molecular complexity index is 178. The fraction of sp³-hybridized carbons (Fsp3) is 0.900. The second kappa shape index (κ2) is 5.98. The van der Waals surface area contributed by atoms with Crippen LogP contribution in [0.2, 0.25) is 0 Å². The molecule has 0 aromatic carbocycles. The van der Waals surface area contributed by atoms with Crippen LogP contribution in [0.15, 0.2) is 0 Å². The molecule has 14 heavy (non-hydrogen) atoms. The van der Waals surface area contributed by atoms with Crippen molar-refractivity contribution >= 4 is 5.91 Å². The third-order valence-electron chi connectivity index (χ3n) is 2.48. The summed E-state index contributed by atoms with van der Waals surface area (Å²) in [7, 11) is 0. The van der Waals surface area contributed by atoms with Crippen LogP contribution in [0, 0.1) is 5.92 Å². The van der Waals surface area contributed by atoms with Crippen LogP contribution < -0.4 is 5.73 Å². The van der Waals surface area contributed by atoms with Crippen molar-refractivity contribution < 1.29 is 14.3 Å². The summed E-state index contributed by atoms with van der Waals surface area (Å²) in [5.41, 5.74) is 5.13. The normalized spacial score (nSPS) is 24.5. The van der Waals surface area contributed by atoms with E-state index >= 15 is 0 Å². The monoisotopic (exact) mass is 201 g/mol. The molecule has 0 aliphatic carbocycles. The van der Waals surface area contributed by atoms with Gasteiger partial charge in [-0.2, -0.15) is 0 Å². The molecule has 0 bridgehead atoms. The Labute approximate surface area is 84.7 Å². The molecule has 0 spiro atoms. The summed E-state index contributed by atoms with van der Waals surface area (Å²) in [6.07, 6.45) is 3.86. The Morgan fingerprint density at radius 3 is 3.00 bits per heavy atom. The number of primary amides is 1. The number of carbonyl (C=O) groups excluding carboxylic acids is 1. The molecule has 2 N–H and O–H groups in total. The SMILES string of the molecule is CC(CCOC1CCCCO1)C(N)=O. The summed E-state index contributed by atoms with van der Waals surface area (Å²) in [6.45, 7) is 3.15. The quantitative estimate of drug-likeness (QED) is 0.723. The first-order valence-electron chi connectivity index (χ1n) is 5.22. The first-order chi connectivity index (χ1) is 6.70. The molecule has 0 aromatic rings. The van der Waals surface area contributed by atoms with Gasteiger partial charge in [0, 0.05) is 12.5 Å². The molecule has 1 aliphatic rings. The van der Waals surface area contributed by atoms with Crippen LogP contribution in [0.4, 0.5) is 0 Å². The van der Waals surface area contributed by atoms with E-state index in [0.717, 1.165) is 25.9 Å². The van der Waals surface area contributed by atoms with Crippen molar-refractivity contribution in [3.8, 4) is 0 Å². The minimum atomic E-state index is -0.266. The van der Waals surface area contributed by atoms with Crippen LogP contribution in [0.3, 0.4) is 0 Å². The Morgan fingerprint density at radius 1 is 1.64 bits per heavy atom. The lowest BCUT2D eigenvalue weighted by atomic mass is 10.1. The zero-order chi connectivity index (χ0) is 10.4. The number of hydrogen-bond acceptors (Lipinski definition) is 3. The van der Waals surface area contributed by atoms with Crippen LogP contribution in [0.5, 0.6) is 0 Å². The number of nitrogens with two attached hydrogens (primary N) is 1. The third kappa shape index (κ3) is 4.07. The first-order valence-corrected chi connectivity index (χ1v) is 5.22. The lowest BCUT2D eigenvalue weighted by Gasteiger charge is -2.23. The van der Waals surface area contributed by atoms with Crippen molar-refractivity contribution in [3.63, 3.8) is 0 Å². The predicted molar refractivity (Wildman–Crippen MR) is 52.5 cm³/mol. The minimum Gasteiger partial charge on any atom is -0.369 e. The molecule has 1 amide bonds. The lowest BCUT2D eigenvalue weighted by molar-refractivity contribution is -0.164. The smallest absolute Gasteiger partial charge is 0.220 e. The average Bonchev–Trinajstić information content (AvgIpc) is 2.19. The molecule has 1 aliphatic heterocycles. The van der Waals surface area contributed by atoms with Crippen LogP contribution >= 0.6 is 0 Å². The van der Waals surface area contributed by atoms with E-state index in [9.17, 15) is 4.79 Å². The van der Waals surface area contributed by atoms with E-state index in [2.05, 4.69) is 0 Å². The highest BCUT2D eigenvalue weighted by atomic mass is 16.7. The van der Waals surface area contributed by atoms with Crippen molar-refractivity contribution in [3.05, 3.63) is 0 Å². The van der Waals surface area contributed by atoms with Crippen LogP contribution in [0.25, 0.3) is 0 Å². The van der Waals surface area contributed by atoms with Gasteiger partial charge in [-0.15, -0.1) is 0 Å². The van der Waals surface area contributed by atoms with Crippen molar-refractivity contribution in [2.75, 3.05) is 13.2 Å². The Morgan fingerprint density at radius 2 is 2.43 bits per heavy atom. The molecule has 0 radical (unpaired) electrons. The zero-order valence-electron chi connectivity index (χ0n) is 8.70. The second-order valence-electron chi connectivity index (χ2n) is 3.76. The summed E-state index contributed by atoms with van der Waals surface area (Å²) in [6, 6.07) is 0. The molecule has 1 saturated heterocycles. The minimum absolute atomic E-state index is 0.0659. The standard InChI is InChI=1S/C10H19NO3/c1-8(10(11)12)5-7-14-9-4-2-3-6-13-9/h8-9H,2-7H2,1H3,(H2,11,12). The van der Waals surface area contributed by atoms with E-state index < -0.39 is 0 Å². The maximum absolute atomic E-state index is 10.7. The first kappa shape index (κ1) is 11.5. The Kier molecular flexibility index (Phi) is 4.90. The summed E-state index contributed by atoms with van der Waals surface area (Å²) >= 11 is 0. The molecule has 4 heteroatoms. The van der Waals surface area contributed by atoms with Gasteiger partial charge in [0.15, 0.2) is 6.29 Å². The maximum atomic E-state index is 10.7. The van der Waals surface area contributed by atoms with E-state index in [0.29, 0.717) is 13.0 Å². The number of rotatable bonds is 5. The molecule has 4 nitrogen and oxygen atoms in total. The molecule has 1 fully saturated rings. The zero-order valence-corrected chi connectivity index (χ0v) is 8.70.